The molecule has 0 saturated heterocycles. The molecule has 3 amide bonds. The molecule has 0 bridgehead atoms. The number of carbonyl (C=O) groups is 4. The van der Waals surface area contributed by atoms with Crippen LogP contribution in [-0.2, 0) is 20.8 Å². The van der Waals surface area contributed by atoms with Crippen LogP contribution in [0, 0.1) is 6.92 Å². The first-order valence-corrected chi connectivity index (χ1v) is 14.8. The molecule has 0 spiro atoms. The molecule has 0 saturated carbocycles. The second-order valence-electron chi connectivity index (χ2n) is 11.0. The van der Waals surface area contributed by atoms with Gasteiger partial charge in [0.15, 0.2) is 5.69 Å². The molecule has 5 rings (SSSR count). The Morgan fingerprint density at radius 2 is 1.85 bits per heavy atom. The predicted octanol–water partition coefficient (Wildman–Crippen LogP) is 4.68. The van der Waals surface area contributed by atoms with Crippen molar-refractivity contribution in [2.45, 2.75) is 38.1 Å². The van der Waals surface area contributed by atoms with E-state index in [1.54, 1.807) is 56.4 Å². The van der Waals surface area contributed by atoms with Gasteiger partial charge in [0.25, 0.3) is 5.91 Å². The Bertz CT molecular complexity index is 1750. The summed E-state index contributed by atoms with van der Waals surface area (Å²) in [4.78, 5) is 51.8. The first kappa shape index (κ1) is 31.8. The molecular weight excluding hydrogens is 590 g/mol. The van der Waals surface area contributed by atoms with Crippen LogP contribution in [-0.4, -0.2) is 54.7 Å². The van der Waals surface area contributed by atoms with Gasteiger partial charge in [-0.25, -0.2) is 0 Å². The molecule has 12 nitrogen and oxygen atoms in total. The number of fused-ring (bicyclic) bond motifs is 1. The summed E-state index contributed by atoms with van der Waals surface area (Å²) in [6.07, 6.45) is 0.0902. The lowest BCUT2D eigenvalue weighted by atomic mass is 10.0. The Hall–Kier alpha value is -5.65. The Labute approximate surface area is 265 Å². The van der Waals surface area contributed by atoms with Crippen molar-refractivity contribution in [3.05, 3.63) is 101 Å². The van der Waals surface area contributed by atoms with Gasteiger partial charge in [-0.1, -0.05) is 41.6 Å². The van der Waals surface area contributed by atoms with Crippen LogP contribution in [0.3, 0.4) is 0 Å². The number of hydrogen-bond donors (Lipinski definition) is 4. The van der Waals surface area contributed by atoms with Gasteiger partial charge in [-0.2, -0.15) is 0 Å². The van der Waals surface area contributed by atoms with Gasteiger partial charge in [0.2, 0.25) is 11.8 Å². The van der Waals surface area contributed by atoms with Crippen molar-refractivity contribution in [2.24, 2.45) is 0 Å². The molecule has 12 heteroatoms. The van der Waals surface area contributed by atoms with E-state index in [1.807, 2.05) is 24.3 Å². The number of carbonyl (C=O) groups excluding carboxylic acids is 3. The largest absolute Gasteiger partial charge is 0.495 e. The van der Waals surface area contributed by atoms with Crippen LogP contribution in [0.1, 0.15) is 57.7 Å². The number of benzene rings is 3. The van der Waals surface area contributed by atoms with E-state index >= 15 is 0 Å². The highest BCUT2D eigenvalue weighted by Gasteiger charge is 2.29. The molecule has 4 aromatic rings. The minimum absolute atomic E-state index is 0.0805. The van der Waals surface area contributed by atoms with Gasteiger partial charge >= 0.3 is 5.97 Å². The molecule has 1 aliphatic heterocycles. The lowest BCUT2D eigenvalue weighted by Gasteiger charge is -2.21. The van der Waals surface area contributed by atoms with Crippen molar-refractivity contribution in [3.63, 3.8) is 0 Å². The van der Waals surface area contributed by atoms with Crippen LogP contribution in [0.4, 0.5) is 17.1 Å². The van der Waals surface area contributed by atoms with Gasteiger partial charge in [0, 0.05) is 37.5 Å². The molecule has 1 aliphatic rings. The third kappa shape index (κ3) is 7.34. The number of aromatic nitrogens is 1. The molecule has 0 fully saturated rings. The number of amides is 3. The first-order chi connectivity index (χ1) is 22.1. The fourth-order valence-electron chi connectivity index (χ4n) is 5.35. The molecule has 0 aliphatic carbocycles. The third-order valence-corrected chi connectivity index (χ3v) is 7.90. The Morgan fingerprint density at radius 1 is 1.09 bits per heavy atom. The highest BCUT2D eigenvalue weighted by atomic mass is 16.5. The Balaban J connectivity index is 1.23. The van der Waals surface area contributed by atoms with Crippen LogP contribution < -0.4 is 25.6 Å². The summed E-state index contributed by atoms with van der Waals surface area (Å²) < 4.78 is 10.5. The standard InChI is InChI=1S/C34H35N5O7/c1-20-16-29(38-46-20)34(44)36-26(14-15-32(41)42)22-9-11-23(12-10-22)39(2)31(40)18-21-8-13-28(30(17-21)45-3)37-33(43)25-19-35-27-7-5-4-6-24(25)27/h4-13,16-17,25-26,35H,14-15,18-19H2,1-3H3,(H,36,44)(H,37,43)(H,41,42). The minimum atomic E-state index is -0.984. The van der Waals surface area contributed by atoms with Gasteiger partial charge in [0.05, 0.1) is 31.2 Å². The number of likely N-dealkylation sites (N-methyl/N-ethyl adjacent to an activating group) is 1. The summed E-state index contributed by atoms with van der Waals surface area (Å²) in [7, 11) is 3.17. The molecular formula is C34H35N5O7. The van der Waals surface area contributed by atoms with Gasteiger partial charge < -0.3 is 35.2 Å². The SMILES string of the molecule is COc1cc(CC(=O)N(C)c2ccc(C(CCC(=O)O)NC(=O)c3cc(C)on3)cc2)ccc1NC(=O)C1CNc2ccccc21. The molecule has 46 heavy (non-hydrogen) atoms. The highest BCUT2D eigenvalue weighted by Crippen LogP contribution is 2.34. The lowest BCUT2D eigenvalue weighted by molar-refractivity contribution is -0.137. The molecule has 238 valence electrons. The maximum Gasteiger partial charge on any atom is 0.303 e. The van der Waals surface area contributed by atoms with Crippen molar-refractivity contribution in [1.29, 1.82) is 0 Å². The molecule has 2 unspecified atom stereocenters. The zero-order valence-corrected chi connectivity index (χ0v) is 25.7. The van der Waals surface area contributed by atoms with Crippen molar-refractivity contribution < 1.29 is 33.5 Å². The number of hydrogen-bond acceptors (Lipinski definition) is 8. The molecule has 2 heterocycles. The number of carboxylic acid groups (broad SMARTS) is 1. The molecule has 1 aromatic heterocycles. The predicted molar refractivity (Wildman–Crippen MR) is 171 cm³/mol. The number of methoxy groups -OCH3 is 1. The first-order valence-electron chi connectivity index (χ1n) is 14.8. The van der Waals surface area contributed by atoms with Gasteiger partial charge in [-0.3, -0.25) is 19.2 Å². The normalized spacial score (nSPS) is 14.0. The zero-order valence-electron chi connectivity index (χ0n) is 25.7. The summed E-state index contributed by atoms with van der Waals surface area (Å²) in [5, 5.41) is 22.0. The maximum absolute atomic E-state index is 13.2. The van der Waals surface area contributed by atoms with E-state index in [2.05, 4.69) is 21.1 Å². The summed E-state index contributed by atoms with van der Waals surface area (Å²) in [5.41, 5.74) is 4.51. The number of nitrogens with one attached hydrogen (secondary N) is 3. The van der Waals surface area contributed by atoms with E-state index in [1.165, 1.54) is 18.1 Å². The number of aliphatic carboxylic acids is 1. The highest BCUT2D eigenvalue weighted by molar-refractivity contribution is 5.99. The lowest BCUT2D eigenvalue weighted by Crippen LogP contribution is -2.30. The maximum atomic E-state index is 13.2. The van der Waals surface area contributed by atoms with Gasteiger partial charge in [0.1, 0.15) is 11.5 Å². The number of anilines is 3. The third-order valence-electron chi connectivity index (χ3n) is 7.90. The van der Waals surface area contributed by atoms with Crippen molar-refractivity contribution in [3.8, 4) is 5.75 Å². The molecule has 3 aromatic carbocycles. The summed E-state index contributed by atoms with van der Waals surface area (Å²) in [6, 6.07) is 20.8. The fourth-order valence-corrected chi connectivity index (χ4v) is 5.35. The van der Waals surface area contributed by atoms with Crippen LogP contribution in [0.15, 0.2) is 77.3 Å². The smallest absolute Gasteiger partial charge is 0.303 e. The number of carboxylic acids is 1. The Morgan fingerprint density at radius 3 is 2.54 bits per heavy atom. The average molecular weight is 626 g/mol. The number of ether oxygens (including phenoxy) is 1. The van der Waals surface area contributed by atoms with E-state index in [0.717, 1.165) is 11.3 Å². The van der Waals surface area contributed by atoms with Crippen LogP contribution >= 0.6 is 0 Å². The number of nitrogens with zero attached hydrogens (tertiary/aromatic N) is 2. The zero-order chi connectivity index (χ0) is 32.8. The Kier molecular flexibility index (Phi) is 9.65. The van der Waals surface area contributed by atoms with E-state index in [-0.39, 0.29) is 42.7 Å². The quantitative estimate of drug-likeness (QED) is 0.175. The summed E-state index contributed by atoms with van der Waals surface area (Å²) in [5.74, 6) is -1.20. The summed E-state index contributed by atoms with van der Waals surface area (Å²) >= 11 is 0. The molecule has 2 atom stereocenters. The van der Waals surface area contributed by atoms with E-state index in [9.17, 15) is 24.3 Å². The average Bonchev–Trinajstić information content (AvgIpc) is 3.70. The van der Waals surface area contributed by atoms with Gasteiger partial charge in [-0.05, 0) is 60.4 Å². The van der Waals surface area contributed by atoms with Crippen LogP contribution in [0.2, 0.25) is 0 Å². The number of aryl methyl sites for hydroxylation is 1. The topological polar surface area (TPSA) is 163 Å². The van der Waals surface area contributed by atoms with Crippen LogP contribution in [0.5, 0.6) is 5.75 Å². The molecule has 4 N–H and O–H groups in total. The van der Waals surface area contributed by atoms with Crippen molar-refractivity contribution >= 4 is 40.8 Å². The van der Waals surface area contributed by atoms with E-state index < -0.39 is 17.9 Å². The monoisotopic (exact) mass is 625 g/mol. The minimum Gasteiger partial charge on any atom is -0.495 e. The fraction of sp³-hybridized carbons (Fsp3) is 0.265. The number of rotatable bonds is 12. The van der Waals surface area contributed by atoms with E-state index in [0.29, 0.717) is 40.6 Å². The van der Waals surface area contributed by atoms with Gasteiger partial charge in [-0.15, -0.1) is 0 Å². The molecule has 0 radical (unpaired) electrons. The summed E-state index contributed by atoms with van der Waals surface area (Å²) in [6.45, 7) is 2.18. The van der Waals surface area contributed by atoms with Crippen molar-refractivity contribution in [2.75, 3.05) is 36.2 Å². The second-order valence-corrected chi connectivity index (χ2v) is 11.0. The van der Waals surface area contributed by atoms with Crippen molar-refractivity contribution in [1.82, 2.24) is 10.5 Å². The number of para-hydroxylation sites is 1. The van der Waals surface area contributed by atoms with Crippen LogP contribution in [0.25, 0.3) is 0 Å². The second kappa shape index (κ2) is 14.0. The van der Waals surface area contributed by atoms with E-state index in [4.69, 9.17) is 9.26 Å².